The van der Waals surface area contributed by atoms with E-state index in [1.54, 1.807) is 30.3 Å². The summed E-state index contributed by atoms with van der Waals surface area (Å²) < 4.78 is 6.08. The summed E-state index contributed by atoms with van der Waals surface area (Å²) in [5.74, 6) is 0.492. The van der Waals surface area contributed by atoms with Crippen molar-refractivity contribution in [3.8, 4) is 11.5 Å². The number of benzene rings is 2. The van der Waals surface area contributed by atoms with E-state index in [1.807, 2.05) is 0 Å². The van der Waals surface area contributed by atoms with Crippen LogP contribution >= 0.6 is 15.9 Å². The summed E-state index contributed by atoms with van der Waals surface area (Å²) in [5, 5.41) is 22.4. The number of halogens is 1. The lowest BCUT2D eigenvalue weighted by atomic mass is 10.2. The normalized spacial score (nSPS) is 11.2. The number of nitro groups is 1. The van der Waals surface area contributed by atoms with Gasteiger partial charge >= 0.3 is 5.69 Å². The molecule has 21 heavy (non-hydrogen) atoms. The second-order valence-electron chi connectivity index (χ2n) is 3.98. The molecule has 0 bridgehead atoms. The number of amidine groups is 1. The molecule has 0 spiro atoms. The van der Waals surface area contributed by atoms with Gasteiger partial charge in [0.15, 0.2) is 5.84 Å². The lowest BCUT2D eigenvalue weighted by Crippen LogP contribution is -2.12. The maximum Gasteiger partial charge on any atom is 0.312 e. The van der Waals surface area contributed by atoms with E-state index in [-0.39, 0.29) is 17.3 Å². The van der Waals surface area contributed by atoms with E-state index in [0.29, 0.717) is 15.8 Å². The zero-order valence-corrected chi connectivity index (χ0v) is 12.1. The number of hydrogen-bond donors (Lipinski definition) is 2. The van der Waals surface area contributed by atoms with Crippen LogP contribution in [0.25, 0.3) is 0 Å². The van der Waals surface area contributed by atoms with Crippen LogP contribution in [-0.2, 0) is 0 Å². The largest absolute Gasteiger partial charge is 0.450 e. The minimum atomic E-state index is -0.523. The van der Waals surface area contributed by atoms with Gasteiger partial charge in [-0.25, -0.2) is 0 Å². The molecule has 0 unspecified atom stereocenters. The number of hydrogen-bond acceptors (Lipinski definition) is 5. The number of rotatable bonds is 4. The van der Waals surface area contributed by atoms with Crippen molar-refractivity contribution in [1.82, 2.24) is 0 Å². The van der Waals surface area contributed by atoms with Gasteiger partial charge in [-0.15, -0.1) is 0 Å². The minimum Gasteiger partial charge on any atom is -0.450 e. The minimum absolute atomic E-state index is 0.0313. The lowest BCUT2D eigenvalue weighted by molar-refractivity contribution is -0.385. The van der Waals surface area contributed by atoms with Crippen LogP contribution in [0.1, 0.15) is 5.56 Å². The Bertz CT molecular complexity index is 701. The highest BCUT2D eigenvalue weighted by molar-refractivity contribution is 9.10. The van der Waals surface area contributed by atoms with Crippen molar-refractivity contribution in [3.63, 3.8) is 0 Å². The second kappa shape index (κ2) is 6.23. The summed E-state index contributed by atoms with van der Waals surface area (Å²) in [5.41, 5.74) is 5.80. The fourth-order valence-electron chi connectivity index (χ4n) is 1.60. The Labute approximate surface area is 127 Å². The van der Waals surface area contributed by atoms with Gasteiger partial charge in [-0.2, -0.15) is 0 Å². The predicted octanol–water partition coefficient (Wildman–Crippen LogP) is 3.24. The first-order valence-electron chi connectivity index (χ1n) is 5.71. The molecule has 2 aromatic carbocycles. The Hall–Kier alpha value is -2.61. The number of ether oxygens (including phenoxy) is 1. The highest BCUT2D eigenvalue weighted by Gasteiger charge is 2.16. The van der Waals surface area contributed by atoms with Gasteiger partial charge in [0.05, 0.1) is 4.92 Å². The van der Waals surface area contributed by atoms with Gasteiger partial charge in [0.2, 0.25) is 5.75 Å². The van der Waals surface area contributed by atoms with Crippen LogP contribution in [0.2, 0.25) is 0 Å². The monoisotopic (exact) mass is 351 g/mol. The van der Waals surface area contributed by atoms with Gasteiger partial charge in [0.25, 0.3) is 0 Å². The highest BCUT2D eigenvalue weighted by Crippen LogP contribution is 2.33. The van der Waals surface area contributed by atoms with E-state index in [0.717, 1.165) is 0 Å². The Kier molecular flexibility index (Phi) is 4.39. The van der Waals surface area contributed by atoms with Gasteiger partial charge in [0, 0.05) is 16.1 Å². The standard InChI is InChI=1S/C13H10BrN3O4/c14-9-3-6-12(11(7-9)17(19)20)21-10-4-1-8(2-5-10)13(15)16-18/h1-7,18H,(H2,15,16). The van der Waals surface area contributed by atoms with Crippen molar-refractivity contribution < 1.29 is 14.9 Å². The van der Waals surface area contributed by atoms with E-state index in [9.17, 15) is 10.1 Å². The van der Waals surface area contributed by atoms with Crippen molar-refractivity contribution in [2.45, 2.75) is 0 Å². The third kappa shape index (κ3) is 3.48. The fourth-order valence-corrected chi connectivity index (χ4v) is 1.95. The molecular formula is C13H10BrN3O4. The summed E-state index contributed by atoms with van der Waals surface area (Å²) in [4.78, 5) is 10.5. The Morgan fingerprint density at radius 3 is 2.52 bits per heavy atom. The quantitative estimate of drug-likeness (QED) is 0.288. The molecule has 0 heterocycles. The van der Waals surface area contributed by atoms with Crippen molar-refractivity contribution >= 4 is 27.5 Å². The van der Waals surface area contributed by atoms with Gasteiger partial charge in [-0.05, 0) is 36.4 Å². The molecule has 0 radical (unpaired) electrons. The van der Waals surface area contributed by atoms with Crippen molar-refractivity contribution in [1.29, 1.82) is 0 Å². The smallest absolute Gasteiger partial charge is 0.312 e. The van der Waals surface area contributed by atoms with Crippen LogP contribution in [0.15, 0.2) is 52.1 Å². The van der Waals surface area contributed by atoms with Crippen LogP contribution < -0.4 is 10.5 Å². The molecule has 3 N–H and O–H groups in total. The SMILES string of the molecule is NC(=NO)c1ccc(Oc2ccc(Br)cc2[N+](=O)[O-])cc1. The molecule has 2 aromatic rings. The van der Waals surface area contributed by atoms with Crippen LogP contribution in [0.3, 0.4) is 0 Å². The number of nitrogens with two attached hydrogens (primary N) is 1. The third-order valence-corrected chi connectivity index (χ3v) is 3.10. The van der Waals surface area contributed by atoms with Crippen LogP contribution in [0.5, 0.6) is 11.5 Å². The van der Waals surface area contributed by atoms with Crippen LogP contribution in [-0.4, -0.2) is 16.0 Å². The molecule has 2 rings (SSSR count). The molecule has 0 fully saturated rings. The van der Waals surface area contributed by atoms with Gasteiger partial charge in [-0.1, -0.05) is 21.1 Å². The molecule has 8 heteroatoms. The van der Waals surface area contributed by atoms with Crippen molar-refractivity contribution in [3.05, 3.63) is 62.6 Å². The van der Waals surface area contributed by atoms with E-state index < -0.39 is 4.92 Å². The van der Waals surface area contributed by atoms with E-state index in [1.165, 1.54) is 12.1 Å². The molecule has 0 saturated carbocycles. The Balaban J connectivity index is 2.28. The molecular weight excluding hydrogens is 342 g/mol. The maximum absolute atomic E-state index is 11.0. The van der Waals surface area contributed by atoms with Crippen LogP contribution in [0.4, 0.5) is 5.69 Å². The predicted molar refractivity (Wildman–Crippen MR) is 79.8 cm³/mol. The van der Waals surface area contributed by atoms with E-state index in [4.69, 9.17) is 15.7 Å². The molecule has 0 aliphatic rings. The molecule has 108 valence electrons. The summed E-state index contributed by atoms with van der Waals surface area (Å²) in [7, 11) is 0. The molecule has 0 atom stereocenters. The Morgan fingerprint density at radius 2 is 1.95 bits per heavy atom. The Morgan fingerprint density at radius 1 is 1.29 bits per heavy atom. The second-order valence-corrected chi connectivity index (χ2v) is 4.90. The fraction of sp³-hybridized carbons (Fsp3) is 0. The van der Waals surface area contributed by atoms with Gasteiger partial charge in [0.1, 0.15) is 5.75 Å². The topological polar surface area (TPSA) is 111 Å². The number of oxime groups is 1. The molecule has 7 nitrogen and oxygen atoms in total. The number of nitrogens with zero attached hydrogens (tertiary/aromatic N) is 2. The van der Waals surface area contributed by atoms with Gasteiger partial charge < -0.3 is 15.7 Å². The molecule has 0 aliphatic heterocycles. The zero-order chi connectivity index (χ0) is 15.4. The summed E-state index contributed by atoms with van der Waals surface area (Å²) >= 11 is 3.17. The lowest BCUT2D eigenvalue weighted by Gasteiger charge is -2.07. The average Bonchev–Trinajstić information content (AvgIpc) is 2.49. The highest BCUT2D eigenvalue weighted by atomic mass is 79.9. The summed E-state index contributed by atoms with van der Waals surface area (Å²) in [6.07, 6.45) is 0. The first kappa shape index (κ1) is 14.8. The number of nitro benzene ring substituents is 1. The molecule has 0 aromatic heterocycles. The molecule has 0 saturated heterocycles. The van der Waals surface area contributed by atoms with E-state index in [2.05, 4.69) is 21.1 Å². The summed E-state index contributed by atoms with van der Waals surface area (Å²) in [6.45, 7) is 0. The first-order valence-corrected chi connectivity index (χ1v) is 6.50. The van der Waals surface area contributed by atoms with Crippen molar-refractivity contribution in [2.24, 2.45) is 10.9 Å². The molecule has 0 aliphatic carbocycles. The first-order chi connectivity index (χ1) is 10.0. The average molecular weight is 352 g/mol. The van der Waals surface area contributed by atoms with Crippen molar-refractivity contribution in [2.75, 3.05) is 0 Å². The van der Waals surface area contributed by atoms with Gasteiger partial charge in [-0.3, -0.25) is 10.1 Å². The molecule has 0 amide bonds. The van der Waals surface area contributed by atoms with Crippen LogP contribution in [0, 0.1) is 10.1 Å². The maximum atomic E-state index is 11.0. The third-order valence-electron chi connectivity index (χ3n) is 2.60. The zero-order valence-electron chi connectivity index (χ0n) is 10.6. The summed E-state index contributed by atoms with van der Waals surface area (Å²) in [6, 6.07) is 10.8. The van der Waals surface area contributed by atoms with E-state index >= 15 is 0 Å².